The molecule has 1 atom stereocenters. The molecule has 0 aliphatic rings. The van der Waals surface area contributed by atoms with E-state index in [9.17, 15) is 8.60 Å². The van der Waals surface area contributed by atoms with Gasteiger partial charge in [0.15, 0.2) is 0 Å². The zero-order valence-corrected chi connectivity index (χ0v) is 8.71. The lowest BCUT2D eigenvalue weighted by Crippen LogP contribution is -2.00. The van der Waals surface area contributed by atoms with E-state index in [0.717, 1.165) is 0 Å². The highest BCUT2D eigenvalue weighted by atomic mass is 79.9. The fraction of sp³-hybridized carbons (Fsp3) is 0.143. The summed E-state index contributed by atoms with van der Waals surface area (Å²) < 4.78 is 26.4. The number of benzene rings is 1. The Balaban J connectivity index is 2.89. The molecule has 0 spiro atoms. The molecule has 0 saturated carbocycles. The van der Waals surface area contributed by atoms with Gasteiger partial charge in [-0.3, -0.25) is 0 Å². The van der Waals surface area contributed by atoms with Crippen molar-refractivity contribution in [2.24, 2.45) is 0 Å². The quantitative estimate of drug-likeness (QED) is 0.859. The zero-order chi connectivity index (χ0) is 9.14. The predicted molar refractivity (Wildman–Crippen MR) is 51.8 cm³/mol. The van der Waals surface area contributed by atoms with Gasteiger partial charge in [0.05, 0.1) is 4.47 Å². The summed E-state index contributed by atoms with van der Waals surface area (Å²) in [5.74, 6) is -0.331. The van der Waals surface area contributed by atoms with Crippen molar-refractivity contribution in [1.29, 1.82) is 0 Å². The van der Waals surface area contributed by atoms with Gasteiger partial charge < -0.3 is 4.72 Å². The van der Waals surface area contributed by atoms with Crippen LogP contribution in [-0.2, 0) is 11.0 Å². The second-order valence-electron chi connectivity index (χ2n) is 2.19. The van der Waals surface area contributed by atoms with E-state index >= 15 is 0 Å². The first kappa shape index (κ1) is 9.67. The minimum Gasteiger partial charge on any atom is -0.305 e. The Hall–Kier alpha value is -0.420. The fourth-order valence-corrected chi connectivity index (χ4v) is 1.56. The maximum absolute atomic E-state index is 12.7. The normalized spacial score (nSPS) is 12.6. The van der Waals surface area contributed by atoms with E-state index < -0.39 is 11.0 Å². The molecule has 66 valence electrons. The highest BCUT2D eigenvalue weighted by Crippen LogP contribution is 2.19. The van der Waals surface area contributed by atoms with Gasteiger partial charge >= 0.3 is 0 Å². The van der Waals surface area contributed by atoms with Crippen molar-refractivity contribution in [2.45, 2.75) is 0 Å². The monoisotopic (exact) mass is 251 g/mol. The smallest absolute Gasteiger partial charge is 0.137 e. The van der Waals surface area contributed by atoms with Crippen molar-refractivity contribution in [3.63, 3.8) is 0 Å². The number of halogens is 2. The van der Waals surface area contributed by atoms with Gasteiger partial charge in [-0.15, -0.1) is 0 Å². The van der Waals surface area contributed by atoms with E-state index in [4.69, 9.17) is 0 Å². The first-order valence-corrected chi connectivity index (χ1v) is 5.50. The van der Waals surface area contributed by atoms with Crippen LogP contribution in [-0.4, -0.2) is 10.5 Å². The number of hydrogen-bond donors (Lipinski definition) is 1. The van der Waals surface area contributed by atoms with Gasteiger partial charge in [0, 0.05) is 11.9 Å². The summed E-state index contributed by atoms with van der Waals surface area (Å²) in [4.78, 5) is 0. The molecule has 0 heterocycles. The number of nitrogens with one attached hydrogen (secondary N) is 1. The zero-order valence-electron chi connectivity index (χ0n) is 6.30. The third-order valence-corrected chi connectivity index (χ3v) is 2.31. The lowest BCUT2D eigenvalue weighted by molar-refractivity contribution is 0.621. The Labute approximate surface area is 80.9 Å². The Bertz CT molecular complexity index is 318. The maximum atomic E-state index is 12.7. The largest absolute Gasteiger partial charge is 0.305 e. The van der Waals surface area contributed by atoms with Crippen LogP contribution in [0.5, 0.6) is 0 Å². The van der Waals surface area contributed by atoms with E-state index in [1.54, 1.807) is 0 Å². The standard InChI is InChI=1S/C7H7BrFNOS/c1-12(11)10-5-2-3-7(9)6(8)4-5/h2-4,10H,1H3. The first-order valence-electron chi connectivity index (χ1n) is 3.15. The van der Waals surface area contributed by atoms with Crippen LogP contribution in [0.1, 0.15) is 0 Å². The molecule has 0 radical (unpaired) electrons. The van der Waals surface area contributed by atoms with Gasteiger partial charge in [-0.25, -0.2) is 8.60 Å². The highest BCUT2D eigenvalue weighted by Gasteiger charge is 2.00. The molecule has 1 rings (SSSR count). The van der Waals surface area contributed by atoms with Crippen molar-refractivity contribution in [2.75, 3.05) is 11.0 Å². The molecule has 1 N–H and O–H groups in total. The molecule has 0 amide bonds. The molecule has 0 aliphatic heterocycles. The Morgan fingerprint density at radius 2 is 2.25 bits per heavy atom. The van der Waals surface area contributed by atoms with Gasteiger partial charge in [0.2, 0.25) is 0 Å². The molecule has 0 aromatic heterocycles. The average Bonchev–Trinajstić information content (AvgIpc) is 1.96. The van der Waals surface area contributed by atoms with Crippen LogP contribution in [0.3, 0.4) is 0 Å². The summed E-state index contributed by atoms with van der Waals surface area (Å²) >= 11 is 3.02. The van der Waals surface area contributed by atoms with Crippen LogP contribution in [0.4, 0.5) is 10.1 Å². The number of hydrogen-bond acceptors (Lipinski definition) is 1. The van der Waals surface area contributed by atoms with E-state index in [1.165, 1.54) is 24.5 Å². The van der Waals surface area contributed by atoms with Crippen LogP contribution in [0, 0.1) is 5.82 Å². The van der Waals surface area contributed by atoms with Crippen LogP contribution >= 0.6 is 15.9 Å². The molecule has 0 bridgehead atoms. The molecule has 2 nitrogen and oxygen atoms in total. The Kier molecular flexibility index (Phi) is 3.22. The summed E-state index contributed by atoms with van der Waals surface area (Å²) in [6, 6.07) is 4.37. The first-order chi connectivity index (χ1) is 5.59. The third kappa shape index (κ3) is 2.57. The molecular formula is C7H7BrFNOS. The third-order valence-electron chi connectivity index (χ3n) is 1.18. The second kappa shape index (κ2) is 4.00. The van der Waals surface area contributed by atoms with Crippen LogP contribution < -0.4 is 4.72 Å². The van der Waals surface area contributed by atoms with Gasteiger partial charge in [0.1, 0.15) is 16.8 Å². The molecule has 1 unspecified atom stereocenters. The summed E-state index contributed by atoms with van der Waals surface area (Å²) in [7, 11) is -1.12. The summed E-state index contributed by atoms with van der Waals surface area (Å²) in [5, 5.41) is 0. The van der Waals surface area contributed by atoms with E-state index in [0.29, 0.717) is 10.2 Å². The predicted octanol–water partition coefficient (Wildman–Crippen LogP) is 2.29. The summed E-state index contributed by atoms with van der Waals surface area (Å²) in [6.45, 7) is 0. The summed E-state index contributed by atoms with van der Waals surface area (Å²) in [5.41, 5.74) is 0.629. The van der Waals surface area contributed by atoms with Crippen molar-refractivity contribution >= 4 is 32.6 Å². The molecule has 1 aromatic carbocycles. The van der Waals surface area contributed by atoms with Gasteiger partial charge in [-0.2, -0.15) is 0 Å². The molecule has 0 fully saturated rings. The van der Waals surface area contributed by atoms with Crippen LogP contribution in [0.25, 0.3) is 0 Å². The highest BCUT2D eigenvalue weighted by molar-refractivity contribution is 9.10. The van der Waals surface area contributed by atoms with E-state index in [2.05, 4.69) is 20.7 Å². The lowest BCUT2D eigenvalue weighted by Gasteiger charge is -2.02. The molecule has 5 heteroatoms. The van der Waals surface area contributed by atoms with Crippen molar-refractivity contribution in [1.82, 2.24) is 0 Å². The minimum atomic E-state index is -1.12. The average molecular weight is 252 g/mol. The van der Waals surface area contributed by atoms with Crippen molar-refractivity contribution < 1.29 is 8.60 Å². The second-order valence-corrected chi connectivity index (χ2v) is 4.15. The van der Waals surface area contributed by atoms with Gasteiger partial charge in [-0.1, -0.05) is 0 Å². The fourth-order valence-electron chi connectivity index (χ4n) is 0.726. The van der Waals surface area contributed by atoms with Crippen LogP contribution in [0.2, 0.25) is 0 Å². The lowest BCUT2D eigenvalue weighted by atomic mass is 10.3. The molecule has 0 aliphatic carbocycles. The van der Waals surface area contributed by atoms with Crippen LogP contribution in [0.15, 0.2) is 22.7 Å². The number of rotatable bonds is 2. The Morgan fingerprint density at radius 3 is 2.75 bits per heavy atom. The molecule has 0 saturated heterocycles. The van der Waals surface area contributed by atoms with Crippen molar-refractivity contribution in [3.05, 3.63) is 28.5 Å². The van der Waals surface area contributed by atoms with E-state index in [1.807, 2.05) is 0 Å². The Morgan fingerprint density at radius 1 is 1.58 bits per heavy atom. The molecule has 1 aromatic rings. The van der Waals surface area contributed by atoms with Gasteiger partial charge in [-0.05, 0) is 34.1 Å². The molecular weight excluding hydrogens is 245 g/mol. The maximum Gasteiger partial charge on any atom is 0.137 e. The molecule has 12 heavy (non-hydrogen) atoms. The summed E-state index contributed by atoms with van der Waals surface area (Å²) in [6.07, 6.45) is 1.51. The SMILES string of the molecule is CS(=O)Nc1ccc(F)c(Br)c1. The number of anilines is 1. The van der Waals surface area contributed by atoms with Crippen molar-refractivity contribution in [3.8, 4) is 0 Å². The van der Waals surface area contributed by atoms with Gasteiger partial charge in [0.25, 0.3) is 0 Å². The topological polar surface area (TPSA) is 29.1 Å². The van der Waals surface area contributed by atoms with E-state index in [-0.39, 0.29) is 5.82 Å². The minimum absolute atomic E-state index is 0.331.